The number of methoxy groups -OCH3 is 1. The van der Waals surface area contributed by atoms with Crippen molar-refractivity contribution in [2.24, 2.45) is 5.10 Å². The molecule has 0 aliphatic rings. The number of para-hydroxylation sites is 1. The van der Waals surface area contributed by atoms with E-state index in [4.69, 9.17) is 18.9 Å². The number of nitro benzene ring substituents is 1. The van der Waals surface area contributed by atoms with E-state index in [2.05, 4.69) is 27.6 Å². The Morgan fingerprint density at radius 2 is 1.93 bits per heavy atom. The Bertz CT molecular complexity index is 2190. The van der Waals surface area contributed by atoms with Crippen molar-refractivity contribution in [1.82, 2.24) is 9.66 Å². The summed E-state index contributed by atoms with van der Waals surface area (Å²) in [7, 11) is 1.52. The number of aromatic nitrogens is 2. The minimum Gasteiger partial charge on any atom is -0.493 e. The van der Waals surface area contributed by atoms with Crippen LogP contribution in [0.1, 0.15) is 16.7 Å². The summed E-state index contributed by atoms with van der Waals surface area (Å²) in [5.41, 5.74) is 2.80. The van der Waals surface area contributed by atoms with Gasteiger partial charge in [0.25, 0.3) is 11.2 Å². The quantitative estimate of drug-likeness (QED) is 0.0637. The fourth-order valence-corrected chi connectivity index (χ4v) is 5.31. The first-order valence-electron chi connectivity index (χ1n) is 13.8. The van der Waals surface area contributed by atoms with Crippen LogP contribution >= 0.6 is 15.9 Å². The molecule has 2 heterocycles. The molecule has 0 unspecified atom stereocenters. The van der Waals surface area contributed by atoms with Crippen LogP contribution in [0.25, 0.3) is 33.5 Å². The number of benzene rings is 4. The third kappa shape index (κ3) is 6.11. The zero-order chi connectivity index (χ0) is 31.5. The van der Waals surface area contributed by atoms with Gasteiger partial charge in [-0.2, -0.15) is 9.78 Å². The summed E-state index contributed by atoms with van der Waals surface area (Å²) in [5.74, 6) is 1.53. The van der Waals surface area contributed by atoms with E-state index >= 15 is 0 Å². The molecule has 0 aliphatic heterocycles. The van der Waals surface area contributed by atoms with Crippen LogP contribution in [0.2, 0.25) is 0 Å². The van der Waals surface area contributed by atoms with Crippen LogP contribution in [0.4, 0.5) is 5.69 Å². The molecule has 0 radical (unpaired) electrons. The number of halogens is 1. The summed E-state index contributed by atoms with van der Waals surface area (Å²) in [6, 6.07) is 24.4. The second-order valence-electron chi connectivity index (χ2n) is 10.0. The number of rotatable bonds is 10. The minimum absolute atomic E-state index is 0.0192. The van der Waals surface area contributed by atoms with Gasteiger partial charge in [-0.25, -0.2) is 4.98 Å². The smallest absolute Gasteiger partial charge is 0.282 e. The lowest BCUT2D eigenvalue weighted by molar-refractivity contribution is -0.384. The van der Waals surface area contributed by atoms with Crippen LogP contribution in [0, 0.1) is 10.1 Å². The van der Waals surface area contributed by atoms with Crippen molar-refractivity contribution >= 4 is 49.7 Å². The van der Waals surface area contributed by atoms with Gasteiger partial charge in [-0.15, -0.1) is 6.58 Å². The van der Waals surface area contributed by atoms with Crippen molar-refractivity contribution < 1.29 is 18.8 Å². The van der Waals surface area contributed by atoms with E-state index < -0.39 is 4.92 Å². The SMILES string of the molecule is C=CCc1cc(C=Nn2c(-c3cc4cc(Br)ccc4o3)nc3ccccc3c2=O)cc(OC)c1OCc1cccc([N+](=O)[O-])c1. The number of fused-ring (bicyclic) bond motifs is 2. The molecule has 6 aromatic rings. The predicted octanol–water partition coefficient (Wildman–Crippen LogP) is 7.68. The Hall–Kier alpha value is -5.55. The predicted molar refractivity (Wildman–Crippen MR) is 176 cm³/mol. The lowest BCUT2D eigenvalue weighted by Gasteiger charge is -2.16. The average Bonchev–Trinajstić information content (AvgIpc) is 3.47. The maximum atomic E-state index is 13.7. The molecule has 0 aliphatic carbocycles. The Balaban J connectivity index is 1.40. The summed E-state index contributed by atoms with van der Waals surface area (Å²) < 4.78 is 20.0. The highest BCUT2D eigenvalue weighted by Gasteiger charge is 2.18. The molecule has 45 heavy (non-hydrogen) atoms. The number of furan rings is 1. The number of ether oxygens (including phenoxy) is 2. The minimum atomic E-state index is -0.448. The topological polar surface area (TPSA) is 122 Å². The van der Waals surface area contributed by atoms with Gasteiger partial charge in [-0.3, -0.25) is 14.9 Å². The lowest BCUT2D eigenvalue weighted by Crippen LogP contribution is -2.20. The number of hydrogen-bond donors (Lipinski definition) is 0. The number of allylic oxidation sites excluding steroid dienone is 1. The van der Waals surface area contributed by atoms with Crippen LogP contribution in [-0.2, 0) is 13.0 Å². The fourth-order valence-electron chi connectivity index (χ4n) is 4.94. The second kappa shape index (κ2) is 12.6. The third-order valence-electron chi connectivity index (χ3n) is 7.02. The Morgan fingerprint density at radius 1 is 1.09 bits per heavy atom. The molecule has 0 saturated heterocycles. The summed E-state index contributed by atoms with van der Waals surface area (Å²) in [4.78, 5) is 29.2. The highest BCUT2D eigenvalue weighted by molar-refractivity contribution is 9.10. The Morgan fingerprint density at radius 3 is 2.73 bits per heavy atom. The van der Waals surface area contributed by atoms with Gasteiger partial charge >= 0.3 is 0 Å². The largest absolute Gasteiger partial charge is 0.493 e. The molecule has 6 rings (SSSR count). The van der Waals surface area contributed by atoms with E-state index in [0.29, 0.717) is 51.3 Å². The maximum absolute atomic E-state index is 13.7. The highest BCUT2D eigenvalue weighted by atomic mass is 79.9. The number of nitrogens with zero attached hydrogens (tertiary/aromatic N) is 4. The summed E-state index contributed by atoms with van der Waals surface area (Å²) in [6.45, 7) is 3.95. The zero-order valence-corrected chi connectivity index (χ0v) is 25.6. The summed E-state index contributed by atoms with van der Waals surface area (Å²) >= 11 is 3.48. The Kier molecular flexibility index (Phi) is 8.26. The number of nitro groups is 1. The molecule has 0 amide bonds. The van der Waals surface area contributed by atoms with Crippen molar-refractivity contribution in [3.05, 3.63) is 139 Å². The van der Waals surface area contributed by atoms with E-state index in [1.165, 1.54) is 23.9 Å². The second-order valence-corrected chi connectivity index (χ2v) is 10.9. The van der Waals surface area contributed by atoms with Gasteiger partial charge in [0.2, 0.25) is 5.82 Å². The average molecular weight is 666 g/mol. The first kappa shape index (κ1) is 29.5. The monoisotopic (exact) mass is 664 g/mol. The van der Waals surface area contributed by atoms with Gasteiger partial charge < -0.3 is 13.9 Å². The van der Waals surface area contributed by atoms with Crippen LogP contribution in [0.15, 0.2) is 116 Å². The molecule has 0 fully saturated rings. The van der Waals surface area contributed by atoms with Crippen molar-refractivity contribution in [1.29, 1.82) is 0 Å². The Labute approximate surface area is 265 Å². The van der Waals surface area contributed by atoms with Crippen LogP contribution < -0.4 is 15.0 Å². The van der Waals surface area contributed by atoms with Crippen LogP contribution in [0.3, 0.4) is 0 Å². The van der Waals surface area contributed by atoms with Gasteiger partial charge in [0.05, 0.1) is 29.2 Å². The molecular formula is C34H25BrN4O6. The highest BCUT2D eigenvalue weighted by Crippen LogP contribution is 2.34. The maximum Gasteiger partial charge on any atom is 0.282 e. The molecule has 11 heteroatoms. The molecule has 224 valence electrons. The van der Waals surface area contributed by atoms with Crippen molar-refractivity contribution in [3.63, 3.8) is 0 Å². The zero-order valence-electron chi connectivity index (χ0n) is 24.0. The molecule has 2 aromatic heterocycles. The van der Waals surface area contributed by atoms with Gasteiger partial charge in [0.15, 0.2) is 17.3 Å². The van der Waals surface area contributed by atoms with Crippen LogP contribution in [-0.4, -0.2) is 27.9 Å². The molecule has 0 spiro atoms. The van der Waals surface area contributed by atoms with E-state index in [0.717, 1.165) is 15.4 Å². The molecule has 0 atom stereocenters. The van der Waals surface area contributed by atoms with E-state index in [-0.39, 0.29) is 23.7 Å². The third-order valence-corrected chi connectivity index (χ3v) is 7.51. The van der Waals surface area contributed by atoms with Crippen molar-refractivity contribution in [3.8, 4) is 23.1 Å². The van der Waals surface area contributed by atoms with Crippen LogP contribution in [0.5, 0.6) is 11.5 Å². The van der Waals surface area contributed by atoms with Gasteiger partial charge in [-0.05, 0) is 66.1 Å². The normalized spacial score (nSPS) is 11.3. The van der Waals surface area contributed by atoms with E-state index in [1.54, 1.807) is 48.7 Å². The molecule has 0 N–H and O–H groups in total. The first-order chi connectivity index (χ1) is 21.8. The van der Waals surface area contributed by atoms with Gasteiger partial charge in [0.1, 0.15) is 12.2 Å². The lowest BCUT2D eigenvalue weighted by atomic mass is 10.1. The van der Waals surface area contributed by atoms with E-state index in [9.17, 15) is 14.9 Å². The molecule has 10 nitrogen and oxygen atoms in total. The summed E-state index contributed by atoms with van der Waals surface area (Å²) in [6.07, 6.45) is 3.71. The molecular weight excluding hydrogens is 640 g/mol. The number of non-ortho nitro benzene ring substituents is 1. The fraction of sp³-hybridized carbons (Fsp3) is 0.0882. The van der Waals surface area contributed by atoms with E-state index in [1.807, 2.05) is 36.4 Å². The van der Waals surface area contributed by atoms with Crippen molar-refractivity contribution in [2.75, 3.05) is 7.11 Å². The van der Waals surface area contributed by atoms with Gasteiger partial charge in [-0.1, -0.05) is 46.3 Å². The van der Waals surface area contributed by atoms with Gasteiger partial charge in [0, 0.05) is 27.6 Å². The molecule has 4 aromatic carbocycles. The summed E-state index contributed by atoms with van der Waals surface area (Å²) in [5, 5.41) is 17.0. The van der Waals surface area contributed by atoms with Crippen molar-refractivity contribution in [2.45, 2.75) is 13.0 Å². The molecule has 0 saturated carbocycles. The standard InChI is InChI=1S/C34H25BrN4O6/c1-3-7-23-14-22(16-30(43-2)32(23)44-20-21-8-6-9-26(15-21)39(41)42)19-36-38-33(37-28-11-5-4-10-27(28)34(38)40)31-18-24-17-25(35)12-13-29(24)45-31/h3-6,8-19H,1,7,20H2,2H3. The first-order valence-corrected chi connectivity index (χ1v) is 14.6. The molecule has 0 bridgehead atoms. The number of hydrogen-bond acceptors (Lipinski definition) is 8.